The van der Waals surface area contributed by atoms with Crippen molar-refractivity contribution in [3.05, 3.63) is 35.9 Å². The highest BCUT2D eigenvalue weighted by molar-refractivity contribution is 7.99. The van der Waals surface area contributed by atoms with Gasteiger partial charge in [0.05, 0.1) is 19.3 Å². The monoisotopic (exact) mass is 255 g/mol. The van der Waals surface area contributed by atoms with Crippen LogP contribution in [0.1, 0.15) is 12.5 Å². The van der Waals surface area contributed by atoms with Crippen molar-refractivity contribution in [3.8, 4) is 0 Å². The zero-order valence-electron chi connectivity index (χ0n) is 10.2. The molecule has 1 aromatic carbocycles. The number of rotatable bonds is 8. The number of aliphatic hydroxyl groups is 1. The van der Waals surface area contributed by atoms with Gasteiger partial charge in [-0.25, -0.2) is 0 Å². The lowest BCUT2D eigenvalue weighted by molar-refractivity contribution is 0.0398. The summed E-state index contributed by atoms with van der Waals surface area (Å²) in [6.07, 6.45) is -0.414. The number of thioether (sulfide) groups is 1. The summed E-state index contributed by atoms with van der Waals surface area (Å²) in [6.45, 7) is 2.89. The molecule has 0 radical (unpaired) electrons. The molecule has 0 bridgehead atoms. The Balaban J connectivity index is 2.06. The fourth-order valence-electron chi connectivity index (χ4n) is 1.33. The van der Waals surface area contributed by atoms with Crippen LogP contribution in [0.4, 0.5) is 0 Å². The zero-order valence-corrected chi connectivity index (χ0v) is 11.0. The number of aliphatic hydroxyl groups excluding tert-OH is 1. The van der Waals surface area contributed by atoms with Crippen molar-refractivity contribution in [2.45, 2.75) is 25.7 Å². The van der Waals surface area contributed by atoms with Gasteiger partial charge in [0.25, 0.3) is 0 Å². The largest absolute Gasteiger partial charge is 0.390 e. The quantitative estimate of drug-likeness (QED) is 0.741. The summed E-state index contributed by atoms with van der Waals surface area (Å²) in [5.74, 6) is 1.55. The minimum atomic E-state index is -0.414. The van der Waals surface area contributed by atoms with Crippen LogP contribution in [0.3, 0.4) is 0 Å². The summed E-state index contributed by atoms with van der Waals surface area (Å²) < 4.78 is 5.44. The fraction of sp³-hybridized carbons (Fsp3) is 0.538. The van der Waals surface area contributed by atoms with Crippen molar-refractivity contribution in [3.63, 3.8) is 0 Å². The number of benzene rings is 1. The molecule has 17 heavy (non-hydrogen) atoms. The molecule has 0 spiro atoms. The number of ether oxygens (including phenoxy) is 1. The Labute approximate surface area is 107 Å². The van der Waals surface area contributed by atoms with E-state index in [2.05, 4.69) is 0 Å². The molecular formula is C13H21NO2S. The number of hydrogen-bond donors (Lipinski definition) is 2. The van der Waals surface area contributed by atoms with Gasteiger partial charge in [-0.05, 0) is 12.5 Å². The molecule has 0 saturated carbocycles. The summed E-state index contributed by atoms with van der Waals surface area (Å²) in [5, 5.41) is 9.65. The van der Waals surface area contributed by atoms with Gasteiger partial charge in [0.1, 0.15) is 0 Å². The summed E-state index contributed by atoms with van der Waals surface area (Å²) in [4.78, 5) is 0. The average molecular weight is 255 g/mol. The molecule has 0 saturated heterocycles. The van der Waals surface area contributed by atoms with Gasteiger partial charge in [0, 0.05) is 17.5 Å². The second-order valence-corrected chi connectivity index (χ2v) is 5.24. The first-order chi connectivity index (χ1) is 8.18. The van der Waals surface area contributed by atoms with E-state index in [0.717, 1.165) is 11.3 Å². The van der Waals surface area contributed by atoms with Gasteiger partial charge in [0.2, 0.25) is 0 Å². The summed E-state index contributed by atoms with van der Waals surface area (Å²) >= 11 is 1.66. The van der Waals surface area contributed by atoms with E-state index >= 15 is 0 Å². The predicted octanol–water partition coefficient (Wildman–Crippen LogP) is 1.64. The Kier molecular flexibility index (Phi) is 7.28. The van der Waals surface area contributed by atoms with E-state index < -0.39 is 6.10 Å². The SMILES string of the molecule is CC(N)CSCC(O)COCc1ccccc1. The van der Waals surface area contributed by atoms with Gasteiger partial charge in [-0.3, -0.25) is 0 Å². The van der Waals surface area contributed by atoms with Crippen molar-refractivity contribution >= 4 is 11.8 Å². The Hall–Kier alpha value is -0.550. The first kappa shape index (κ1) is 14.5. The maximum absolute atomic E-state index is 9.65. The third-order valence-corrected chi connectivity index (χ3v) is 3.49. The molecule has 0 heterocycles. The van der Waals surface area contributed by atoms with Gasteiger partial charge >= 0.3 is 0 Å². The van der Waals surface area contributed by atoms with Gasteiger partial charge in [-0.1, -0.05) is 30.3 Å². The molecule has 1 rings (SSSR count). The molecule has 0 aromatic heterocycles. The standard InChI is InChI=1S/C13H21NO2S/c1-11(14)9-17-10-13(15)8-16-7-12-5-3-2-4-6-12/h2-6,11,13,15H,7-10,14H2,1H3. The minimum absolute atomic E-state index is 0.178. The molecule has 0 amide bonds. The van der Waals surface area contributed by atoms with E-state index in [-0.39, 0.29) is 6.04 Å². The number of hydrogen-bond acceptors (Lipinski definition) is 4. The van der Waals surface area contributed by atoms with E-state index in [1.54, 1.807) is 11.8 Å². The Morgan fingerprint density at radius 3 is 2.65 bits per heavy atom. The second kappa shape index (κ2) is 8.53. The van der Waals surface area contributed by atoms with Gasteiger partial charge in [0.15, 0.2) is 0 Å². The summed E-state index contributed by atoms with van der Waals surface area (Å²) in [6, 6.07) is 10.1. The summed E-state index contributed by atoms with van der Waals surface area (Å²) in [5.41, 5.74) is 6.75. The molecule has 3 N–H and O–H groups in total. The molecule has 3 nitrogen and oxygen atoms in total. The lowest BCUT2D eigenvalue weighted by Crippen LogP contribution is -2.22. The zero-order chi connectivity index (χ0) is 12.5. The van der Waals surface area contributed by atoms with Gasteiger partial charge < -0.3 is 15.6 Å². The third kappa shape index (κ3) is 7.39. The van der Waals surface area contributed by atoms with Gasteiger partial charge in [-0.15, -0.1) is 0 Å². The van der Waals surface area contributed by atoms with E-state index in [4.69, 9.17) is 10.5 Å². The first-order valence-electron chi connectivity index (χ1n) is 5.81. The van der Waals surface area contributed by atoms with Crippen molar-refractivity contribution in [1.82, 2.24) is 0 Å². The Morgan fingerprint density at radius 1 is 1.29 bits per heavy atom. The molecule has 2 unspecified atom stereocenters. The van der Waals surface area contributed by atoms with E-state index in [0.29, 0.717) is 19.0 Å². The second-order valence-electron chi connectivity index (χ2n) is 4.17. The van der Waals surface area contributed by atoms with Crippen LogP contribution in [-0.2, 0) is 11.3 Å². The van der Waals surface area contributed by atoms with Gasteiger partial charge in [-0.2, -0.15) is 11.8 Å². The lowest BCUT2D eigenvalue weighted by Gasteiger charge is -2.12. The molecule has 0 aliphatic carbocycles. The van der Waals surface area contributed by atoms with Crippen LogP contribution in [-0.4, -0.2) is 35.4 Å². The molecule has 0 aliphatic heterocycles. The highest BCUT2D eigenvalue weighted by atomic mass is 32.2. The van der Waals surface area contributed by atoms with Crippen molar-refractivity contribution < 1.29 is 9.84 Å². The first-order valence-corrected chi connectivity index (χ1v) is 6.97. The Morgan fingerprint density at radius 2 is 2.00 bits per heavy atom. The maximum Gasteiger partial charge on any atom is 0.0863 e. The highest BCUT2D eigenvalue weighted by Gasteiger charge is 2.05. The predicted molar refractivity (Wildman–Crippen MR) is 73.1 cm³/mol. The van der Waals surface area contributed by atoms with Crippen LogP contribution in [0.2, 0.25) is 0 Å². The van der Waals surface area contributed by atoms with Crippen LogP contribution < -0.4 is 5.73 Å². The van der Waals surface area contributed by atoms with Crippen LogP contribution >= 0.6 is 11.8 Å². The average Bonchev–Trinajstić information content (AvgIpc) is 2.30. The number of nitrogens with two attached hydrogens (primary N) is 1. The molecule has 0 fully saturated rings. The van der Waals surface area contributed by atoms with Crippen molar-refractivity contribution in [1.29, 1.82) is 0 Å². The van der Waals surface area contributed by atoms with Crippen LogP contribution in [0.25, 0.3) is 0 Å². The lowest BCUT2D eigenvalue weighted by atomic mass is 10.2. The Bertz CT molecular complexity index is 293. The molecule has 2 atom stereocenters. The summed E-state index contributed by atoms with van der Waals surface area (Å²) in [7, 11) is 0. The van der Waals surface area contributed by atoms with Crippen LogP contribution in [0, 0.1) is 0 Å². The van der Waals surface area contributed by atoms with Crippen LogP contribution in [0.15, 0.2) is 30.3 Å². The normalized spacial score (nSPS) is 14.5. The van der Waals surface area contributed by atoms with E-state index in [1.165, 1.54) is 0 Å². The molecule has 96 valence electrons. The molecule has 0 aliphatic rings. The van der Waals surface area contributed by atoms with E-state index in [1.807, 2.05) is 37.3 Å². The molecule has 1 aromatic rings. The highest BCUT2D eigenvalue weighted by Crippen LogP contribution is 2.06. The molecular weight excluding hydrogens is 234 g/mol. The van der Waals surface area contributed by atoms with Crippen LogP contribution in [0.5, 0.6) is 0 Å². The topological polar surface area (TPSA) is 55.5 Å². The molecule has 4 heteroatoms. The smallest absolute Gasteiger partial charge is 0.0863 e. The van der Waals surface area contributed by atoms with E-state index in [9.17, 15) is 5.11 Å². The third-order valence-electron chi connectivity index (χ3n) is 2.11. The van der Waals surface area contributed by atoms with Crippen molar-refractivity contribution in [2.24, 2.45) is 5.73 Å². The fourth-order valence-corrected chi connectivity index (χ4v) is 2.20. The maximum atomic E-state index is 9.65. The minimum Gasteiger partial charge on any atom is -0.390 e. The van der Waals surface area contributed by atoms with Crippen molar-refractivity contribution in [2.75, 3.05) is 18.1 Å².